The SMILES string of the molecule is CCCCc1c(O)c(O)c(C2CCCCC2)c(CCCC)c1CCCC. The molecule has 0 radical (unpaired) electrons. The van der Waals surface area contributed by atoms with Crippen LogP contribution in [0.5, 0.6) is 11.5 Å². The number of phenolic OH excluding ortho intramolecular Hbond substituents is 2. The van der Waals surface area contributed by atoms with Gasteiger partial charge < -0.3 is 10.2 Å². The third-order valence-electron chi connectivity index (χ3n) is 6.17. The van der Waals surface area contributed by atoms with E-state index >= 15 is 0 Å². The third-order valence-corrected chi connectivity index (χ3v) is 6.17. The summed E-state index contributed by atoms with van der Waals surface area (Å²) in [4.78, 5) is 0. The Morgan fingerprint density at radius 3 is 1.69 bits per heavy atom. The molecule has 26 heavy (non-hydrogen) atoms. The molecule has 1 aromatic rings. The highest BCUT2D eigenvalue weighted by molar-refractivity contribution is 5.60. The molecule has 1 aromatic carbocycles. The van der Waals surface area contributed by atoms with E-state index in [0.29, 0.717) is 5.92 Å². The number of hydrogen-bond acceptors (Lipinski definition) is 2. The van der Waals surface area contributed by atoms with Crippen LogP contribution in [0.2, 0.25) is 0 Å². The van der Waals surface area contributed by atoms with E-state index in [1.165, 1.54) is 43.2 Å². The summed E-state index contributed by atoms with van der Waals surface area (Å²) in [6, 6.07) is 0. The minimum absolute atomic E-state index is 0.199. The van der Waals surface area contributed by atoms with Crippen LogP contribution < -0.4 is 0 Å². The smallest absolute Gasteiger partial charge is 0.161 e. The molecule has 2 heteroatoms. The third kappa shape index (κ3) is 4.96. The molecule has 0 aliphatic heterocycles. The van der Waals surface area contributed by atoms with E-state index in [0.717, 1.165) is 68.9 Å². The maximum Gasteiger partial charge on any atom is 0.161 e. The highest BCUT2D eigenvalue weighted by Crippen LogP contribution is 2.47. The fourth-order valence-corrected chi connectivity index (χ4v) is 4.65. The van der Waals surface area contributed by atoms with Gasteiger partial charge in [0, 0.05) is 11.1 Å². The van der Waals surface area contributed by atoms with Crippen molar-refractivity contribution >= 4 is 0 Å². The first kappa shape index (κ1) is 21.1. The lowest BCUT2D eigenvalue weighted by Crippen LogP contribution is -2.13. The Morgan fingerprint density at radius 2 is 1.15 bits per heavy atom. The van der Waals surface area contributed by atoms with Gasteiger partial charge in [0.05, 0.1) is 0 Å². The standard InChI is InChI=1S/C24H40O2/c1-4-7-15-19-20(16-8-5-2)22(18-13-11-10-12-14-18)24(26)23(25)21(19)17-9-6-3/h18,25-26H,4-17H2,1-3H3. The number of benzene rings is 1. The first-order valence-electron chi connectivity index (χ1n) is 11.2. The average Bonchev–Trinajstić information content (AvgIpc) is 2.67. The van der Waals surface area contributed by atoms with Gasteiger partial charge in [-0.25, -0.2) is 0 Å². The van der Waals surface area contributed by atoms with E-state index in [1.54, 1.807) is 0 Å². The van der Waals surface area contributed by atoms with E-state index in [4.69, 9.17) is 0 Å². The van der Waals surface area contributed by atoms with E-state index in [1.807, 2.05) is 0 Å². The lowest BCUT2D eigenvalue weighted by Gasteiger charge is -2.29. The molecule has 2 nitrogen and oxygen atoms in total. The summed E-state index contributed by atoms with van der Waals surface area (Å²) in [6.07, 6.45) is 16.0. The molecule has 2 rings (SSSR count). The van der Waals surface area contributed by atoms with Gasteiger partial charge >= 0.3 is 0 Å². The van der Waals surface area contributed by atoms with Crippen LogP contribution in [0.15, 0.2) is 0 Å². The van der Waals surface area contributed by atoms with E-state index in [-0.39, 0.29) is 11.5 Å². The van der Waals surface area contributed by atoms with Crippen LogP contribution in [-0.2, 0) is 19.3 Å². The number of unbranched alkanes of at least 4 members (excludes halogenated alkanes) is 3. The van der Waals surface area contributed by atoms with Gasteiger partial charge in [-0.15, -0.1) is 0 Å². The van der Waals surface area contributed by atoms with Gasteiger partial charge in [-0.1, -0.05) is 59.3 Å². The van der Waals surface area contributed by atoms with Crippen LogP contribution in [0.25, 0.3) is 0 Å². The van der Waals surface area contributed by atoms with Crippen LogP contribution in [0, 0.1) is 0 Å². The number of phenols is 2. The molecule has 1 saturated carbocycles. The average molecular weight is 361 g/mol. The summed E-state index contributed by atoms with van der Waals surface area (Å²) < 4.78 is 0. The molecule has 2 N–H and O–H groups in total. The van der Waals surface area contributed by atoms with E-state index < -0.39 is 0 Å². The Labute approximate surface area is 161 Å². The van der Waals surface area contributed by atoms with Crippen molar-refractivity contribution in [2.75, 3.05) is 0 Å². The van der Waals surface area contributed by atoms with Crippen LogP contribution in [0.4, 0.5) is 0 Å². The Hall–Kier alpha value is -1.18. The fourth-order valence-electron chi connectivity index (χ4n) is 4.65. The molecule has 0 spiro atoms. The van der Waals surface area contributed by atoms with Crippen molar-refractivity contribution in [3.8, 4) is 11.5 Å². The van der Waals surface area contributed by atoms with Gasteiger partial charge in [0.15, 0.2) is 11.5 Å². The highest BCUT2D eigenvalue weighted by atomic mass is 16.3. The minimum atomic E-state index is 0.199. The van der Waals surface area contributed by atoms with Gasteiger partial charge in [-0.05, 0) is 68.4 Å². The van der Waals surface area contributed by atoms with Crippen molar-refractivity contribution < 1.29 is 10.2 Å². The normalized spacial score (nSPS) is 15.5. The molecular weight excluding hydrogens is 320 g/mol. The second-order valence-corrected chi connectivity index (χ2v) is 8.19. The summed E-state index contributed by atoms with van der Waals surface area (Å²) in [5.41, 5.74) is 4.93. The molecule has 0 bridgehead atoms. The monoisotopic (exact) mass is 360 g/mol. The second-order valence-electron chi connectivity index (χ2n) is 8.19. The molecule has 0 amide bonds. The maximum absolute atomic E-state index is 11.0. The van der Waals surface area contributed by atoms with Crippen molar-refractivity contribution in [1.29, 1.82) is 0 Å². The molecule has 0 heterocycles. The van der Waals surface area contributed by atoms with Crippen LogP contribution >= 0.6 is 0 Å². The Balaban J connectivity index is 2.57. The lowest BCUT2D eigenvalue weighted by molar-refractivity contribution is 0.374. The Bertz CT molecular complexity index is 556. The van der Waals surface area contributed by atoms with Crippen molar-refractivity contribution in [3.05, 3.63) is 22.3 Å². The summed E-state index contributed by atoms with van der Waals surface area (Å²) in [5, 5.41) is 21.9. The zero-order valence-corrected chi connectivity index (χ0v) is 17.4. The Morgan fingerprint density at radius 1 is 0.654 bits per heavy atom. The van der Waals surface area contributed by atoms with Crippen LogP contribution in [0.1, 0.15) is 120 Å². The molecule has 1 aliphatic rings. The van der Waals surface area contributed by atoms with Crippen molar-refractivity contribution in [2.45, 2.75) is 117 Å². The van der Waals surface area contributed by atoms with Crippen LogP contribution in [-0.4, -0.2) is 10.2 Å². The molecule has 148 valence electrons. The molecular formula is C24H40O2. The predicted octanol–water partition coefficient (Wildman–Crippen LogP) is 7.17. The predicted molar refractivity (Wildman–Crippen MR) is 111 cm³/mol. The zero-order chi connectivity index (χ0) is 18.9. The first-order valence-corrected chi connectivity index (χ1v) is 11.2. The Kier molecular flexibility index (Phi) is 8.81. The molecule has 1 fully saturated rings. The summed E-state index contributed by atoms with van der Waals surface area (Å²) in [7, 11) is 0. The summed E-state index contributed by atoms with van der Waals surface area (Å²) in [5.74, 6) is 0.849. The van der Waals surface area contributed by atoms with Gasteiger partial charge in [0.25, 0.3) is 0 Å². The molecule has 0 aromatic heterocycles. The van der Waals surface area contributed by atoms with Crippen molar-refractivity contribution in [1.82, 2.24) is 0 Å². The highest BCUT2D eigenvalue weighted by Gasteiger charge is 2.28. The fraction of sp³-hybridized carbons (Fsp3) is 0.750. The molecule has 0 atom stereocenters. The largest absolute Gasteiger partial charge is 0.504 e. The topological polar surface area (TPSA) is 40.5 Å². The van der Waals surface area contributed by atoms with Crippen molar-refractivity contribution in [2.24, 2.45) is 0 Å². The molecule has 0 unspecified atom stereocenters. The lowest BCUT2D eigenvalue weighted by atomic mass is 9.77. The quantitative estimate of drug-likeness (QED) is 0.434. The van der Waals surface area contributed by atoms with E-state index in [2.05, 4.69) is 20.8 Å². The number of rotatable bonds is 10. The zero-order valence-electron chi connectivity index (χ0n) is 17.4. The van der Waals surface area contributed by atoms with Gasteiger partial charge in [-0.3, -0.25) is 0 Å². The van der Waals surface area contributed by atoms with Crippen LogP contribution in [0.3, 0.4) is 0 Å². The maximum atomic E-state index is 11.0. The minimum Gasteiger partial charge on any atom is -0.504 e. The van der Waals surface area contributed by atoms with Gasteiger partial charge in [0.2, 0.25) is 0 Å². The van der Waals surface area contributed by atoms with Crippen molar-refractivity contribution in [3.63, 3.8) is 0 Å². The summed E-state index contributed by atoms with van der Waals surface area (Å²) >= 11 is 0. The van der Waals surface area contributed by atoms with Gasteiger partial charge in [0.1, 0.15) is 0 Å². The van der Waals surface area contributed by atoms with E-state index in [9.17, 15) is 10.2 Å². The second kappa shape index (κ2) is 10.8. The summed E-state index contributed by atoms with van der Waals surface area (Å²) in [6.45, 7) is 6.67. The number of hydrogen-bond donors (Lipinski definition) is 2. The first-order chi connectivity index (χ1) is 12.7. The molecule has 1 aliphatic carbocycles. The molecule has 0 saturated heterocycles. The van der Waals surface area contributed by atoms with Gasteiger partial charge in [-0.2, -0.15) is 0 Å². The number of aromatic hydroxyl groups is 2.